The highest BCUT2D eigenvalue weighted by Gasteiger charge is 2.06. The van der Waals surface area contributed by atoms with Crippen LogP contribution in [-0.4, -0.2) is 12.8 Å². The second-order valence-corrected chi connectivity index (χ2v) is 4.71. The fourth-order valence-corrected chi connectivity index (χ4v) is 0.624. The number of hydrogen-bond donors (Lipinski definition) is 0. The Morgan fingerprint density at radius 3 is 2.18 bits per heavy atom. The summed E-state index contributed by atoms with van der Waals surface area (Å²) in [5.41, 5.74) is 0.389. The Bertz CT molecular complexity index is 117. The topological polar surface area (TPSA) is 12.4 Å². The number of nitrogens with zero attached hydrogens (tertiary/aromatic N) is 1. The second kappa shape index (κ2) is 4.53. The number of hydrogen-bond acceptors (Lipinski definition) is 1. The molecule has 0 rings (SSSR count). The molecule has 0 spiro atoms. The number of aliphatic imine (C=N–C) groups is 1. The van der Waals surface area contributed by atoms with Gasteiger partial charge >= 0.3 is 0 Å². The molecule has 1 heteroatoms. The van der Waals surface area contributed by atoms with Gasteiger partial charge in [0.15, 0.2) is 0 Å². The van der Waals surface area contributed by atoms with Gasteiger partial charge < -0.3 is 0 Å². The maximum atomic E-state index is 4.33. The average molecular weight is 155 g/mol. The molecule has 0 aliphatic heterocycles. The Morgan fingerprint density at radius 2 is 1.82 bits per heavy atom. The Labute approximate surface area is 70.9 Å². The molecule has 11 heavy (non-hydrogen) atoms. The third kappa shape index (κ3) is 9.67. The molecule has 0 N–H and O–H groups in total. The van der Waals surface area contributed by atoms with Crippen LogP contribution in [0.15, 0.2) is 4.99 Å². The molecule has 0 fully saturated rings. The van der Waals surface area contributed by atoms with E-state index in [1.165, 1.54) is 0 Å². The summed E-state index contributed by atoms with van der Waals surface area (Å²) in [6.07, 6.45) is 3.14. The van der Waals surface area contributed by atoms with E-state index in [9.17, 15) is 0 Å². The molecule has 0 aromatic carbocycles. The van der Waals surface area contributed by atoms with Gasteiger partial charge in [-0.3, -0.25) is 4.99 Å². The van der Waals surface area contributed by atoms with Gasteiger partial charge in [0.2, 0.25) is 0 Å². The second-order valence-electron chi connectivity index (χ2n) is 4.71. The van der Waals surface area contributed by atoms with Crippen LogP contribution in [0, 0.1) is 11.3 Å². The summed E-state index contributed by atoms with van der Waals surface area (Å²) < 4.78 is 0. The Morgan fingerprint density at radius 1 is 1.27 bits per heavy atom. The molecule has 0 aromatic heterocycles. The van der Waals surface area contributed by atoms with E-state index >= 15 is 0 Å². The van der Waals surface area contributed by atoms with Crippen LogP contribution in [0.1, 0.15) is 41.0 Å². The van der Waals surface area contributed by atoms with Crippen LogP contribution < -0.4 is 0 Å². The van der Waals surface area contributed by atoms with E-state index in [0.717, 1.165) is 13.0 Å². The molecular weight excluding hydrogens is 134 g/mol. The van der Waals surface area contributed by atoms with Crippen molar-refractivity contribution in [2.24, 2.45) is 16.3 Å². The lowest BCUT2D eigenvalue weighted by Gasteiger charge is -2.13. The maximum Gasteiger partial charge on any atom is 0.0408 e. The zero-order chi connectivity index (χ0) is 8.91. The molecule has 0 radical (unpaired) electrons. The van der Waals surface area contributed by atoms with E-state index in [2.05, 4.69) is 45.8 Å². The predicted molar refractivity (Wildman–Crippen MR) is 52.3 cm³/mol. The van der Waals surface area contributed by atoms with Gasteiger partial charge in [0.1, 0.15) is 0 Å². The normalized spacial score (nSPS) is 13.3. The van der Waals surface area contributed by atoms with Crippen LogP contribution in [0.2, 0.25) is 0 Å². The van der Waals surface area contributed by atoms with Gasteiger partial charge in [0.05, 0.1) is 0 Å². The van der Waals surface area contributed by atoms with Crippen LogP contribution in [0.5, 0.6) is 0 Å². The summed E-state index contributed by atoms with van der Waals surface area (Å²) in [5, 5.41) is 0. The van der Waals surface area contributed by atoms with Crippen molar-refractivity contribution in [3.05, 3.63) is 0 Å². The van der Waals surface area contributed by atoms with Gasteiger partial charge in [0.25, 0.3) is 0 Å². The Balaban J connectivity index is 3.46. The highest BCUT2D eigenvalue weighted by Crippen LogP contribution is 2.16. The standard InChI is InChI=1S/C10H21N/c1-9(2)8-11-7-6-10(3,4)5/h7,9H,6,8H2,1-5H3. The monoisotopic (exact) mass is 155 g/mol. The van der Waals surface area contributed by atoms with Gasteiger partial charge in [0, 0.05) is 6.54 Å². The Hall–Kier alpha value is -0.330. The summed E-state index contributed by atoms with van der Waals surface area (Å²) in [7, 11) is 0. The van der Waals surface area contributed by atoms with Crippen molar-refractivity contribution in [2.75, 3.05) is 6.54 Å². The van der Waals surface area contributed by atoms with Crippen molar-refractivity contribution in [3.8, 4) is 0 Å². The van der Waals surface area contributed by atoms with Gasteiger partial charge in [-0.1, -0.05) is 34.6 Å². The summed E-state index contributed by atoms with van der Waals surface area (Å²) >= 11 is 0. The lowest BCUT2D eigenvalue weighted by molar-refractivity contribution is 0.437. The third-order valence-electron chi connectivity index (χ3n) is 1.30. The van der Waals surface area contributed by atoms with Gasteiger partial charge in [-0.25, -0.2) is 0 Å². The molecule has 0 aromatic rings. The lowest BCUT2D eigenvalue weighted by atomic mass is 9.93. The third-order valence-corrected chi connectivity index (χ3v) is 1.30. The van der Waals surface area contributed by atoms with E-state index in [-0.39, 0.29) is 0 Å². The first-order chi connectivity index (χ1) is 4.92. The molecule has 0 bridgehead atoms. The molecule has 0 unspecified atom stereocenters. The minimum absolute atomic E-state index is 0.389. The first-order valence-corrected chi connectivity index (χ1v) is 4.40. The molecule has 0 atom stereocenters. The zero-order valence-electron chi connectivity index (χ0n) is 8.52. The van der Waals surface area contributed by atoms with Crippen molar-refractivity contribution in [1.29, 1.82) is 0 Å². The fourth-order valence-electron chi connectivity index (χ4n) is 0.624. The predicted octanol–water partition coefficient (Wildman–Crippen LogP) is 3.15. The Kier molecular flexibility index (Phi) is 4.39. The van der Waals surface area contributed by atoms with Gasteiger partial charge in [-0.15, -0.1) is 0 Å². The van der Waals surface area contributed by atoms with E-state index in [1.807, 2.05) is 0 Å². The van der Waals surface area contributed by atoms with Crippen molar-refractivity contribution < 1.29 is 0 Å². The average Bonchev–Trinajstić information content (AvgIpc) is 1.78. The molecule has 0 saturated heterocycles. The molecule has 66 valence electrons. The quantitative estimate of drug-likeness (QED) is 0.555. The highest BCUT2D eigenvalue weighted by atomic mass is 14.7. The lowest BCUT2D eigenvalue weighted by Crippen LogP contribution is -2.05. The van der Waals surface area contributed by atoms with Crippen molar-refractivity contribution in [2.45, 2.75) is 41.0 Å². The molecule has 0 aliphatic rings. The molecule has 0 saturated carbocycles. The van der Waals surface area contributed by atoms with Crippen molar-refractivity contribution in [3.63, 3.8) is 0 Å². The number of rotatable bonds is 3. The van der Waals surface area contributed by atoms with Crippen molar-refractivity contribution in [1.82, 2.24) is 0 Å². The smallest absolute Gasteiger partial charge is 0.0408 e. The maximum absolute atomic E-state index is 4.33. The first kappa shape index (κ1) is 10.7. The van der Waals surface area contributed by atoms with E-state index in [0.29, 0.717) is 11.3 Å². The summed E-state index contributed by atoms with van der Waals surface area (Å²) in [5.74, 6) is 0.686. The van der Waals surface area contributed by atoms with Crippen LogP contribution in [0.3, 0.4) is 0 Å². The summed E-state index contributed by atoms with van der Waals surface area (Å²) in [6, 6.07) is 0. The molecule has 0 heterocycles. The van der Waals surface area contributed by atoms with Crippen LogP contribution in [0.4, 0.5) is 0 Å². The van der Waals surface area contributed by atoms with Gasteiger partial charge in [-0.05, 0) is 24.0 Å². The minimum atomic E-state index is 0.389. The van der Waals surface area contributed by atoms with Gasteiger partial charge in [-0.2, -0.15) is 0 Å². The molecule has 0 amide bonds. The summed E-state index contributed by atoms with van der Waals surface area (Å²) in [6.45, 7) is 12.0. The molecule has 0 aliphatic carbocycles. The van der Waals surface area contributed by atoms with E-state index in [4.69, 9.17) is 0 Å². The minimum Gasteiger partial charge on any atom is -0.297 e. The zero-order valence-corrected chi connectivity index (χ0v) is 8.52. The van der Waals surface area contributed by atoms with Crippen molar-refractivity contribution >= 4 is 6.21 Å². The van der Waals surface area contributed by atoms with E-state index in [1.54, 1.807) is 0 Å². The molecular formula is C10H21N. The van der Waals surface area contributed by atoms with E-state index < -0.39 is 0 Å². The first-order valence-electron chi connectivity index (χ1n) is 4.40. The SMILES string of the molecule is CC(C)CN=CCC(C)(C)C. The fraction of sp³-hybridized carbons (Fsp3) is 0.900. The van der Waals surface area contributed by atoms with Crippen LogP contribution >= 0.6 is 0 Å². The molecule has 1 nitrogen and oxygen atoms in total. The highest BCUT2D eigenvalue weighted by molar-refractivity contribution is 5.57. The largest absolute Gasteiger partial charge is 0.297 e. The summed E-state index contributed by atoms with van der Waals surface area (Å²) in [4.78, 5) is 4.33. The van der Waals surface area contributed by atoms with Crippen LogP contribution in [-0.2, 0) is 0 Å². The van der Waals surface area contributed by atoms with Crippen LogP contribution in [0.25, 0.3) is 0 Å².